The van der Waals surface area contributed by atoms with Gasteiger partial charge in [0, 0.05) is 6.04 Å². The van der Waals surface area contributed by atoms with Crippen molar-refractivity contribution in [3.63, 3.8) is 0 Å². The lowest BCUT2D eigenvalue weighted by atomic mass is 10.5. The zero-order valence-electron chi connectivity index (χ0n) is 8.90. The molecule has 1 heterocycles. The molecule has 7 heteroatoms. The van der Waals surface area contributed by atoms with Gasteiger partial charge in [-0.1, -0.05) is 0 Å². The Morgan fingerprint density at radius 1 is 1.56 bits per heavy atom. The largest absolute Gasteiger partial charge is 0.370 e. The van der Waals surface area contributed by atoms with Crippen molar-refractivity contribution in [3.05, 3.63) is 0 Å². The van der Waals surface area contributed by atoms with Gasteiger partial charge in [0.2, 0.25) is 5.91 Å². The second-order valence-corrected chi connectivity index (χ2v) is 3.89. The van der Waals surface area contributed by atoms with Crippen LogP contribution in [-0.2, 0) is 4.79 Å². The van der Waals surface area contributed by atoms with E-state index < -0.39 is 0 Å². The molecule has 7 nitrogen and oxygen atoms in total. The maximum atomic E-state index is 11.2. The van der Waals surface area contributed by atoms with Gasteiger partial charge in [0.15, 0.2) is 5.96 Å². The Bertz CT molecular complexity index is 321. The number of carbonyl (C=O) groups is 2. The Hall–Kier alpha value is -1.79. The van der Waals surface area contributed by atoms with Crippen LogP contribution in [-0.4, -0.2) is 48.5 Å². The molecule has 0 aromatic rings. The lowest BCUT2D eigenvalue weighted by Crippen LogP contribution is -2.36. The highest BCUT2D eigenvalue weighted by Crippen LogP contribution is 2.17. The number of hydrogen-bond acceptors (Lipinski definition) is 3. The molecule has 1 aliphatic carbocycles. The van der Waals surface area contributed by atoms with Crippen LogP contribution < -0.4 is 16.4 Å². The van der Waals surface area contributed by atoms with Crippen LogP contribution in [0.15, 0.2) is 4.99 Å². The van der Waals surface area contributed by atoms with Gasteiger partial charge >= 0.3 is 6.03 Å². The predicted molar refractivity (Wildman–Crippen MR) is 57.8 cm³/mol. The third kappa shape index (κ3) is 2.62. The molecule has 0 aromatic heterocycles. The van der Waals surface area contributed by atoms with Crippen LogP contribution in [0.2, 0.25) is 0 Å². The van der Waals surface area contributed by atoms with E-state index in [1.807, 2.05) is 0 Å². The van der Waals surface area contributed by atoms with Gasteiger partial charge in [-0.3, -0.25) is 14.7 Å². The molecule has 3 amide bonds. The van der Waals surface area contributed by atoms with Crippen LogP contribution in [0.1, 0.15) is 12.8 Å². The monoisotopic (exact) mass is 225 g/mol. The lowest BCUT2D eigenvalue weighted by molar-refractivity contribution is -0.124. The predicted octanol–water partition coefficient (Wildman–Crippen LogP) is -1.40. The molecule has 2 aliphatic rings. The Kier molecular flexibility index (Phi) is 2.93. The molecule has 0 radical (unpaired) electrons. The lowest BCUT2D eigenvalue weighted by Gasteiger charge is -2.10. The highest BCUT2D eigenvalue weighted by atomic mass is 16.2. The van der Waals surface area contributed by atoms with E-state index in [0.29, 0.717) is 18.5 Å². The molecule has 0 bridgehead atoms. The third-order valence-corrected chi connectivity index (χ3v) is 2.47. The SMILES string of the molecule is NC(=NCCN1C(=O)CNC1=O)NC1CC1. The minimum atomic E-state index is -0.353. The van der Waals surface area contributed by atoms with Gasteiger partial charge in [-0.15, -0.1) is 0 Å². The minimum Gasteiger partial charge on any atom is -0.370 e. The molecule has 2 rings (SSSR count). The van der Waals surface area contributed by atoms with Crippen LogP contribution in [0, 0.1) is 0 Å². The topological polar surface area (TPSA) is 99.8 Å². The molecule has 88 valence electrons. The molecule has 16 heavy (non-hydrogen) atoms. The zero-order chi connectivity index (χ0) is 11.5. The first-order chi connectivity index (χ1) is 7.66. The Balaban J connectivity index is 1.73. The molecule has 1 saturated carbocycles. The van der Waals surface area contributed by atoms with Crippen LogP contribution in [0.25, 0.3) is 0 Å². The fourth-order valence-electron chi connectivity index (χ4n) is 1.43. The van der Waals surface area contributed by atoms with Crippen molar-refractivity contribution in [1.29, 1.82) is 0 Å². The molecule has 1 aliphatic heterocycles. The van der Waals surface area contributed by atoms with Crippen molar-refractivity contribution in [1.82, 2.24) is 15.5 Å². The number of hydrogen-bond donors (Lipinski definition) is 3. The summed E-state index contributed by atoms with van der Waals surface area (Å²) in [7, 11) is 0. The van der Waals surface area contributed by atoms with Gasteiger partial charge < -0.3 is 16.4 Å². The summed E-state index contributed by atoms with van der Waals surface area (Å²) in [5.41, 5.74) is 5.60. The molecule has 4 N–H and O–H groups in total. The second-order valence-electron chi connectivity index (χ2n) is 3.89. The molecule has 1 saturated heterocycles. The van der Waals surface area contributed by atoms with E-state index in [2.05, 4.69) is 15.6 Å². The molecule has 0 aromatic carbocycles. The van der Waals surface area contributed by atoms with E-state index in [1.54, 1.807) is 0 Å². The van der Waals surface area contributed by atoms with Gasteiger partial charge in [-0.2, -0.15) is 0 Å². The standard InChI is InChI=1S/C9H15N5O2/c10-8(13-6-1-2-6)11-3-4-14-7(15)5-12-9(14)16/h6H,1-5H2,(H,12,16)(H3,10,11,13). The van der Waals surface area contributed by atoms with Crippen molar-refractivity contribution in [3.8, 4) is 0 Å². The molecular formula is C9H15N5O2. The number of carbonyl (C=O) groups excluding carboxylic acids is 2. The van der Waals surface area contributed by atoms with E-state index in [4.69, 9.17) is 5.73 Å². The fraction of sp³-hybridized carbons (Fsp3) is 0.667. The normalized spacial score (nSPS) is 21.2. The molecule has 0 spiro atoms. The summed E-state index contributed by atoms with van der Waals surface area (Å²) in [5, 5.41) is 5.47. The van der Waals surface area contributed by atoms with Crippen molar-refractivity contribution in [2.75, 3.05) is 19.6 Å². The third-order valence-electron chi connectivity index (χ3n) is 2.47. The molecule has 2 fully saturated rings. The highest BCUT2D eigenvalue weighted by Gasteiger charge is 2.27. The Labute approximate surface area is 93.1 Å². The number of nitrogens with two attached hydrogens (primary N) is 1. The minimum absolute atomic E-state index is 0.0817. The molecular weight excluding hydrogens is 210 g/mol. The smallest absolute Gasteiger partial charge is 0.324 e. The van der Waals surface area contributed by atoms with Crippen LogP contribution in [0.5, 0.6) is 0 Å². The van der Waals surface area contributed by atoms with Crippen molar-refractivity contribution >= 4 is 17.9 Å². The van der Waals surface area contributed by atoms with Crippen LogP contribution >= 0.6 is 0 Å². The Morgan fingerprint density at radius 2 is 2.31 bits per heavy atom. The summed E-state index contributed by atoms with van der Waals surface area (Å²) in [4.78, 5) is 27.5. The number of aliphatic imine (C=N–C) groups is 1. The number of rotatable bonds is 4. The zero-order valence-corrected chi connectivity index (χ0v) is 8.90. The van der Waals surface area contributed by atoms with Gasteiger partial charge in [0.1, 0.15) is 0 Å². The summed E-state index contributed by atoms with van der Waals surface area (Å²) in [6.07, 6.45) is 2.26. The number of amides is 3. The number of nitrogens with one attached hydrogen (secondary N) is 2. The van der Waals surface area contributed by atoms with Crippen molar-refractivity contribution in [2.24, 2.45) is 10.7 Å². The van der Waals surface area contributed by atoms with E-state index in [-0.39, 0.29) is 25.0 Å². The fourth-order valence-corrected chi connectivity index (χ4v) is 1.43. The number of guanidine groups is 1. The first kappa shape index (κ1) is 10.7. The van der Waals surface area contributed by atoms with E-state index in [0.717, 1.165) is 17.7 Å². The Morgan fingerprint density at radius 3 is 2.88 bits per heavy atom. The number of urea groups is 1. The summed E-state index contributed by atoms with van der Waals surface area (Å²) in [5.74, 6) is 0.170. The van der Waals surface area contributed by atoms with Crippen LogP contribution in [0.4, 0.5) is 4.79 Å². The van der Waals surface area contributed by atoms with Gasteiger partial charge in [-0.05, 0) is 12.8 Å². The summed E-state index contributed by atoms with van der Waals surface area (Å²) < 4.78 is 0. The summed E-state index contributed by atoms with van der Waals surface area (Å²) in [6.45, 7) is 0.695. The van der Waals surface area contributed by atoms with E-state index in [9.17, 15) is 9.59 Å². The maximum absolute atomic E-state index is 11.2. The molecule has 0 atom stereocenters. The first-order valence-corrected chi connectivity index (χ1v) is 5.31. The highest BCUT2D eigenvalue weighted by molar-refractivity contribution is 6.01. The molecule has 0 unspecified atom stereocenters. The first-order valence-electron chi connectivity index (χ1n) is 5.31. The summed E-state index contributed by atoms with van der Waals surface area (Å²) >= 11 is 0. The van der Waals surface area contributed by atoms with Crippen molar-refractivity contribution in [2.45, 2.75) is 18.9 Å². The average molecular weight is 225 g/mol. The quantitative estimate of drug-likeness (QED) is 0.311. The van der Waals surface area contributed by atoms with E-state index >= 15 is 0 Å². The second kappa shape index (κ2) is 4.38. The van der Waals surface area contributed by atoms with Crippen molar-refractivity contribution < 1.29 is 9.59 Å². The summed E-state index contributed by atoms with van der Waals surface area (Å²) in [6, 6.07) is 0.106. The number of imide groups is 1. The van der Waals surface area contributed by atoms with Gasteiger partial charge in [0.05, 0.1) is 19.6 Å². The van der Waals surface area contributed by atoms with Gasteiger partial charge in [-0.25, -0.2) is 4.79 Å². The average Bonchev–Trinajstić information content (AvgIpc) is 2.99. The maximum Gasteiger partial charge on any atom is 0.324 e. The number of nitrogens with zero attached hydrogens (tertiary/aromatic N) is 2. The van der Waals surface area contributed by atoms with Gasteiger partial charge in [0.25, 0.3) is 0 Å². The van der Waals surface area contributed by atoms with Crippen LogP contribution in [0.3, 0.4) is 0 Å². The van der Waals surface area contributed by atoms with E-state index in [1.165, 1.54) is 0 Å².